The molecule has 0 bridgehead atoms. The van der Waals surface area contributed by atoms with Crippen LogP contribution in [-0.2, 0) is 0 Å². The zero-order valence-electron chi connectivity index (χ0n) is 12.9. The van der Waals surface area contributed by atoms with Crippen molar-refractivity contribution in [3.63, 3.8) is 0 Å². The zero-order valence-corrected chi connectivity index (χ0v) is 17.6. The molecule has 130 valence electrons. The molecule has 0 fully saturated rings. The number of hydrogen-bond acceptors (Lipinski definition) is 0. The average Bonchev–Trinajstić information content (AvgIpc) is 2.62. The molecule has 0 saturated heterocycles. The first-order valence-corrected chi connectivity index (χ1v) is 12.1. The predicted octanol–water partition coefficient (Wildman–Crippen LogP) is 6.65. The molecule has 0 radical (unpaired) electrons. The molecule has 0 unspecified atom stereocenters. The van der Waals surface area contributed by atoms with Crippen LogP contribution in [0.1, 0.15) is 0 Å². The minimum atomic E-state index is -4.05. The third-order valence-corrected chi connectivity index (χ3v) is 15.8. The monoisotopic (exact) mass is 448 g/mol. The van der Waals surface area contributed by atoms with Crippen LogP contribution in [0.2, 0.25) is 5.02 Å². The Morgan fingerprint density at radius 3 is 1.40 bits per heavy atom. The van der Waals surface area contributed by atoms with Crippen LogP contribution in [0.3, 0.4) is 0 Å². The Morgan fingerprint density at radius 1 is 0.600 bits per heavy atom. The van der Waals surface area contributed by atoms with Crippen molar-refractivity contribution in [1.29, 1.82) is 0 Å². The molecule has 0 aromatic heterocycles. The van der Waals surface area contributed by atoms with E-state index in [0.29, 0.717) is 10.3 Å². The van der Waals surface area contributed by atoms with E-state index in [0.717, 1.165) is 10.6 Å². The van der Waals surface area contributed by atoms with E-state index in [-0.39, 0.29) is 0 Å². The summed E-state index contributed by atoms with van der Waals surface area (Å²) >= 11 is 34.2. The maximum absolute atomic E-state index is 7.61. The SMILES string of the molecule is Clc1ccccc1P(Cl)(c1ccccc1)(c1ccccc1)C(Cl)(Cl)Cl. The first-order valence-electron chi connectivity index (χ1n) is 7.47. The molecule has 0 amide bonds. The zero-order chi connectivity index (χ0) is 18.2. The first-order chi connectivity index (χ1) is 11.8. The quantitative estimate of drug-likeness (QED) is 0.310. The molecular weight excluding hydrogens is 436 g/mol. The molecule has 0 N–H and O–H groups in total. The van der Waals surface area contributed by atoms with Crippen LogP contribution in [0.4, 0.5) is 0 Å². The molecule has 0 aliphatic carbocycles. The van der Waals surface area contributed by atoms with Crippen molar-refractivity contribution in [1.82, 2.24) is 0 Å². The van der Waals surface area contributed by atoms with Gasteiger partial charge in [-0.3, -0.25) is 0 Å². The van der Waals surface area contributed by atoms with Gasteiger partial charge in [0, 0.05) is 0 Å². The van der Waals surface area contributed by atoms with Crippen molar-refractivity contribution in [2.75, 3.05) is 0 Å². The van der Waals surface area contributed by atoms with Crippen LogP contribution in [0, 0.1) is 0 Å². The van der Waals surface area contributed by atoms with Gasteiger partial charge in [-0.25, -0.2) is 0 Å². The molecule has 0 atom stereocenters. The summed E-state index contributed by atoms with van der Waals surface area (Å²) in [5.74, 6) is -4.05. The first kappa shape index (κ1) is 19.3. The third-order valence-electron chi connectivity index (χ3n) is 4.26. The fraction of sp³-hybridized carbons (Fsp3) is 0.0526. The summed E-state index contributed by atoms with van der Waals surface area (Å²) in [5, 5.41) is 2.59. The summed E-state index contributed by atoms with van der Waals surface area (Å²) in [6.45, 7) is 0. The molecular formula is C19H14Cl5P. The predicted molar refractivity (Wildman–Crippen MR) is 116 cm³/mol. The molecule has 3 aromatic rings. The summed E-state index contributed by atoms with van der Waals surface area (Å²) in [7, 11) is 0. The Labute approximate surface area is 172 Å². The summed E-state index contributed by atoms with van der Waals surface area (Å²) in [6.07, 6.45) is 0. The van der Waals surface area contributed by atoms with E-state index in [1.807, 2.05) is 78.9 Å². The van der Waals surface area contributed by atoms with Gasteiger partial charge in [-0.2, -0.15) is 0 Å². The third kappa shape index (κ3) is 2.79. The van der Waals surface area contributed by atoms with Crippen LogP contribution < -0.4 is 15.9 Å². The van der Waals surface area contributed by atoms with E-state index in [2.05, 4.69) is 0 Å². The number of rotatable bonds is 3. The summed E-state index contributed by atoms with van der Waals surface area (Å²) in [4.78, 5) is 0. The van der Waals surface area contributed by atoms with Crippen molar-refractivity contribution < 1.29 is 0 Å². The van der Waals surface area contributed by atoms with Gasteiger partial charge in [0.05, 0.1) is 0 Å². The topological polar surface area (TPSA) is 0 Å². The van der Waals surface area contributed by atoms with Gasteiger partial charge in [-0.15, -0.1) is 0 Å². The Kier molecular flexibility index (Phi) is 5.35. The fourth-order valence-corrected chi connectivity index (χ4v) is 11.6. The van der Waals surface area contributed by atoms with Gasteiger partial charge in [-0.05, 0) is 0 Å². The second-order valence-electron chi connectivity index (χ2n) is 5.60. The van der Waals surface area contributed by atoms with Gasteiger partial charge in [0.25, 0.3) is 0 Å². The number of alkyl halides is 3. The van der Waals surface area contributed by atoms with Gasteiger partial charge in [0.15, 0.2) is 0 Å². The number of halogens is 5. The van der Waals surface area contributed by atoms with Crippen LogP contribution >= 0.6 is 63.6 Å². The Bertz CT molecular complexity index is 836. The van der Waals surface area contributed by atoms with E-state index in [1.54, 1.807) is 6.07 Å². The summed E-state index contributed by atoms with van der Waals surface area (Å²) in [6, 6.07) is 26.2. The second kappa shape index (κ2) is 6.93. The fourth-order valence-electron chi connectivity index (χ4n) is 3.06. The van der Waals surface area contributed by atoms with Crippen molar-refractivity contribution in [2.45, 2.75) is 3.53 Å². The molecule has 25 heavy (non-hydrogen) atoms. The van der Waals surface area contributed by atoms with Crippen molar-refractivity contribution >= 4 is 79.5 Å². The van der Waals surface area contributed by atoms with Crippen LogP contribution in [0.5, 0.6) is 0 Å². The normalized spacial score (nSPS) is 13.9. The molecule has 0 saturated carbocycles. The van der Waals surface area contributed by atoms with E-state index < -0.39 is 9.49 Å². The van der Waals surface area contributed by atoms with E-state index in [9.17, 15) is 0 Å². The molecule has 3 aromatic carbocycles. The Balaban J connectivity index is 2.58. The van der Waals surface area contributed by atoms with Gasteiger partial charge in [-0.1, -0.05) is 0 Å². The standard InChI is InChI=1S/C19H14Cl5P/c20-17-13-7-8-14-18(17)25(24,19(21,22)23,15-9-3-1-4-10-15)16-11-5-2-6-12-16/h1-14H. The van der Waals surface area contributed by atoms with Crippen LogP contribution in [-0.4, -0.2) is 3.53 Å². The molecule has 0 aliphatic heterocycles. The van der Waals surface area contributed by atoms with Crippen molar-refractivity contribution in [2.24, 2.45) is 0 Å². The molecule has 0 aliphatic rings. The summed E-state index contributed by atoms with van der Waals surface area (Å²) < 4.78 is -1.82. The molecule has 0 nitrogen and oxygen atoms in total. The average molecular weight is 451 g/mol. The van der Waals surface area contributed by atoms with E-state index >= 15 is 0 Å². The maximum atomic E-state index is 7.61. The van der Waals surface area contributed by atoms with Crippen molar-refractivity contribution in [3.05, 3.63) is 90.0 Å². The van der Waals surface area contributed by atoms with Crippen LogP contribution in [0.25, 0.3) is 0 Å². The van der Waals surface area contributed by atoms with Crippen molar-refractivity contribution in [3.8, 4) is 0 Å². The van der Waals surface area contributed by atoms with Crippen LogP contribution in [0.15, 0.2) is 84.9 Å². The summed E-state index contributed by atoms with van der Waals surface area (Å²) in [5.41, 5.74) is 0. The molecule has 0 spiro atoms. The van der Waals surface area contributed by atoms with Gasteiger partial charge < -0.3 is 0 Å². The van der Waals surface area contributed by atoms with E-state index in [1.165, 1.54) is 0 Å². The minimum absolute atomic E-state index is 0.467. The molecule has 3 rings (SSSR count). The molecule has 0 heterocycles. The second-order valence-corrected chi connectivity index (χ2v) is 15.3. The van der Waals surface area contributed by atoms with Gasteiger partial charge in [0.2, 0.25) is 0 Å². The van der Waals surface area contributed by atoms with E-state index in [4.69, 9.17) is 57.6 Å². The Hall–Kier alpha value is -0.460. The number of hydrogen-bond donors (Lipinski definition) is 0. The van der Waals surface area contributed by atoms with Gasteiger partial charge >= 0.3 is 173 Å². The molecule has 6 heteroatoms. The Morgan fingerprint density at radius 2 is 1.00 bits per heavy atom. The number of benzene rings is 3. The van der Waals surface area contributed by atoms with Gasteiger partial charge in [0.1, 0.15) is 0 Å².